The van der Waals surface area contributed by atoms with Crippen LogP contribution in [0.15, 0.2) is 0 Å². The molecular formula is C9H18FNO. The molecule has 0 radical (unpaired) electrons. The van der Waals surface area contributed by atoms with Crippen LogP contribution in [0.25, 0.3) is 0 Å². The summed E-state index contributed by atoms with van der Waals surface area (Å²) < 4.78 is 18.2. The molecule has 0 saturated carbocycles. The maximum Gasteiger partial charge on any atom is 0.114 e. The lowest BCUT2D eigenvalue weighted by molar-refractivity contribution is 0.0802. The molecule has 0 aromatic heterocycles. The summed E-state index contributed by atoms with van der Waals surface area (Å²) in [6.07, 6.45) is 0.849. The molecule has 1 N–H and O–H groups in total. The summed E-state index contributed by atoms with van der Waals surface area (Å²) in [4.78, 5) is 0. The zero-order chi connectivity index (χ0) is 9.03. The van der Waals surface area contributed by atoms with Gasteiger partial charge in [-0.15, -0.1) is 0 Å². The third-order valence-corrected chi connectivity index (χ3v) is 2.57. The molecule has 3 heteroatoms. The molecule has 12 heavy (non-hydrogen) atoms. The molecule has 1 rings (SSSR count). The molecule has 72 valence electrons. The van der Waals surface area contributed by atoms with Crippen LogP contribution in [0.1, 0.15) is 26.7 Å². The summed E-state index contributed by atoms with van der Waals surface area (Å²) in [5.41, 5.74) is -0.0879. The first-order chi connectivity index (χ1) is 5.72. The van der Waals surface area contributed by atoms with Crippen LogP contribution in [0.3, 0.4) is 0 Å². The summed E-state index contributed by atoms with van der Waals surface area (Å²) in [6.45, 7) is 5.87. The van der Waals surface area contributed by atoms with Gasteiger partial charge in [0.25, 0.3) is 0 Å². The van der Waals surface area contributed by atoms with Crippen molar-refractivity contribution in [2.24, 2.45) is 0 Å². The maximum atomic E-state index is 12.9. The van der Waals surface area contributed by atoms with Crippen LogP contribution >= 0.6 is 0 Å². The Labute approximate surface area is 73.5 Å². The Morgan fingerprint density at radius 2 is 2.33 bits per heavy atom. The molecule has 2 atom stereocenters. The van der Waals surface area contributed by atoms with Crippen LogP contribution in [0.4, 0.5) is 4.39 Å². The minimum Gasteiger partial charge on any atom is -0.380 e. The summed E-state index contributed by atoms with van der Waals surface area (Å²) in [5, 5.41) is 3.20. The fourth-order valence-electron chi connectivity index (χ4n) is 1.67. The predicted molar refractivity (Wildman–Crippen MR) is 47.0 cm³/mol. The van der Waals surface area contributed by atoms with Crippen LogP contribution < -0.4 is 5.32 Å². The van der Waals surface area contributed by atoms with E-state index in [4.69, 9.17) is 4.74 Å². The number of halogens is 1. The van der Waals surface area contributed by atoms with Crippen LogP contribution in [-0.4, -0.2) is 31.5 Å². The predicted octanol–water partition coefficient (Wildman–Crippen LogP) is 1.50. The van der Waals surface area contributed by atoms with Crippen molar-refractivity contribution in [3.05, 3.63) is 0 Å². The van der Waals surface area contributed by atoms with Gasteiger partial charge in [0.1, 0.15) is 6.17 Å². The first kappa shape index (κ1) is 9.93. The smallest absolute Gasteiger partial charge is 0.114 e. The summed E-state index contributed by atoms with van der Waals surface area (Å²) in [5.74, 6) is 0. The lowest BCUT2D eigenvalue weighted by Crippen LogP contribution is -2.43. The van der Waals surface area contributed by atoms with E-state index in [1.807, 2.05) is 6.92 Å². The minimum absolute atomic E-state index is 0.0879. The van der Waals surface area contributed by atoms with Crippen molar-refractivity contribution in [2.75, 3.05) is 19.8 Å². The Kier molecular flexibility index (Phi) is 3.47. The van der Waals surface area contributed by atoms with Gasteiger partial charge in [0.15, 0.2) is 0 Å². The third-order valence-electron chi connectivity index (χ3n) is 2.57. The summed E-state index contributed by atoms with van der Waals surface area (Å²) in [6, 6.07) is 0. The molecular weight excluding hydrogens is 157 g/mol. The molecule has 1 aliphatic heterocycles. The number of nitrogens with one attached hydrogen (secondary N) is 1. The van der Waals surface area contributed by atoms with Crippen LogP contribution in [-0.2, 0) is 4.74 Å². The number of hydrogen-bond acceptors (Lipinski definition) is 2. The molecule has 0 spiro atoms. The number of rotatable bonds is 4. The Morgan fingerprint density at radius 3 is 2.75 bits per heavy atom. The second-order valence-electron chi connectivity index (χ2n) is 3.45. The average Bonchev–Trinajstić information content (AvgIpc) is 2.45. The maximum absolute atomic E-state index is 12.9. The SMILES string of the molecule is CCOCC1(CC)CC(F)CN1. The molecule has 0 aliphatic carbocycles. The van der Waals surface area contributed by atoms with Crippen LogP contribution in [0.2, 0.25) is 0 Å². The second-order valence-corrected chi connectivity index (χ2v) is 3.45. The van der Waals surface area contributed by atoms with E-state index in [9.17, 15) is 4.39 Å². The topological polar surface area (TPSA) is 21.3 Å². The normalized spacial score (nSPS) is 35.8. The van der Waals surface area contributed by atoms with E-state index < -0.39 is 6.17 Å². The summed E-state index contributed by atoms with van der Waals surface area (Å²) >= 11 is 0. The first-order valence-electron chi connectivity index (χ1n) is 4.69. The fourth-order valence-corrected chi connectivity index (χ4v) is 1.67. The minimum atomic E-state index is -0.689. The van der Waals surface area contributed by atoms with Crippen molar-refractivity contribution in [2.45, 2.75) is 38.4 Å². The zero-order valence-corrected chi connectivity index (χ0v) is 7.90. The van der Waals surface area contributed by atoms with Gasteiger partial charge < -0.3 is 10.1 Å². The van der Waals surface area contributed by atoms with E-state index in [0.717, 1.165) is 6.42 Å². The highest BCUT2D eigenvalue weighted by Gasteiger charge is 2.37. The molecule has 1 saturated heterocycles. The number of ether oxygens (including phenoxy) is 1. The van der Waals surface area contributed by atoms with Gasteiger partial charge in [-0.25, -0.2) is 4.39 Å². The zero-order valence-electron chi connectivity index (χ0n) is 7.90. The first-order valence-corrected chi connectivity index (χ1v) is 4.69. The van der Waals surface area contributed by atoms with E-state index in [0.29, 0.717) is 26.2 Å². The summed E-state index contributed by atoms with van der Waals surface area (Å²) in [7, 11) is 0. The molecule has 0 aromatic carbocycles. The standard InChI is InChI=1S/C9H18FNO/c1-3-9(7-12-4-2)5-8(10)6-11-9/h8,11H,3-7H2,1-2H3. The lowest BCUT2D eigenvalue weighted by atomic mass is 9.95. The van der Waals surface area contributed by atoms with Crippen molar-refractivity contribution in [1.82, 2.24) is 5.32 Å². The Hall–Kier alpha value is -0.150. The highest BCUT2D eigenvalue weighted by atomic mass is 19.1. The Morgan fingerprint density at radius 1 is 1.58 bits per heavy atom. The van der Waals surface area contributed by atoms with E-state index in [1.165, 1.54) is 0 Å². The largest absolute Gasteiger partial charge is 0.380 e. The Balaban J connectivity index is 2.41. The highest BCUT2D eigenvalue weighted by molar-refractivity contribution is 4.96. The number of hydrogen-bond donors (Lipinski definition) is 1. The van der Waals surface area contributed by atoms with Crippen molar-refractivity contribution in [3.8, 4) is 0 Å². The van der Waals surface area contributed by atoms with Gasteiger partial charge in [-0.2, -0.15) is 0 Å². The fraction of sp³-hybridized carbons (Fsp3) is 1.00. The van der Waals surface area contributed by atoms with Gasteiger partial charge >= 0.3 is 0 Å². The van der Waals surface area contributed by atoms with Crippen molar-refractivity contribution < 1.29 is 9.13 Å². The molecule has 2 nitrogen and oxygen atoms in total. The van der Waals surface area contributed by atoms with Gasteiger partial charge in [0.2, 0.25) is 0 Å². The van der Waals surface area contributed by atoms with Crippen molar-refractivity contribution in [1.29, 1.82) is 0 Å². The van der Waals surface area contributed by atoms with E-state index in [2.05, 4.69) is 12.2 Å². The molecule has 0 amide bonds. The molecule has 2 unspecified atom stereocenters. The quantitative estimate of drug-likeness (QED) is 0.699. The molecule has 0 bridgehead atoms. The molecule has 1 fully saturated rings. The number of alkyl halides is 1. The highest BCUT2D eigenvalue weighted by Crippen LogP contribution is 2.25. The third kappa shape index (κ3) is 2.17. The van der Waals surface area contributed by atoms with Crippen molar-refractivity contribution in [3.63, 3.8) is 0 Å². The van der Waals surface area contributed by atoms with Gasteiger partial charge in [-0.1, -0.05) is 6.92 Å². The van der Waals surface area contributed by atoms with Gasteiger partial charge in [0.05, 0.1) is 6.61 Å². The van der Waals surface area contributed by atoms with E-state index in [-0.39, 0.29) is 5.54 Å². The van der Waals surface area contributed by atoms with Gasteiger partial charge in [0, 0.05) is 25.1 Å². The van der Waals surface area contributed by atoms with E-state index >= 15 is 0 Å². The molecule has 1 heterocycles. The van der Waals surface area contributed by atoms with E-state index in [1.54, 1.807) is 0 Å². The Bertz CT molecular complexity index is 142. The second kappa shape index (κ2) is 4.19. The molecule has 1 aliphatic rings. The molecule has 0 aromatic rings. The van der Waals surface area contributed by atoms with Crippen LogP contribution in [0, 0.1) is 0 Å². The monoisotopic (exact) mass is 175 g/mol. The van der Waals surface area contributed by atoms with Crippen LogP contribution in [0.5, 0.6) is 0 Å². The van der Waals surface area contributed by atoms with Crippen molar-refractivity contribution >= 4 is 0 Å². The van der Waals surface area contributed by atoms with Gasteiger partial charge in [-0.3, -0.25) is 0 Å². The van der Waals surface area contributed by atoms with Gasteiger partial charge in [-0.05, 0) is 13.3 Å². The average molecular weight is 175 g/mol. The lowest BCUT2D eigenvalue weighted by Gasteiger charge is -2.27.